The van der Waals surface area contributed by atoms with Crippen LogP contribution in [-0.2, 0) is 6.42 Å². The Bertz CT molecular complexity index is 610. The highest BCUT2D eigenvalue weighted by molar-refractivity contribution is 9.10. The molecule has 8 heteroatoms. The molecule has 0 spiro atoms. The highest BCUT2D eigenvalue weighted by atomic mass is 79.9. The molecular formula is C15H20BrClN4OS. The summed E-state index contributed by atoms with van der Waals surface area (Å²) in [5.41, 5.74) is 0. The van der Waals surface area contributed by atoms with E-state index in [1.807, 2.05) is 0 Å². The quantitative estimate of drug-likeness (QED) is 0.751. The molecule has 0 amide bonds. The molecule has 0 aliphatic carbocycles. The van der Waals surface area contributed by atoms with E-state index < -0.39 is 0 Å². The van der Waals surface area contributed by atoms with Crippen molar-refractivity contribution in [2.75, 3.05) is 32.4 Å². The molecule has 1 fully saturated rings. The van der Waals surface area contributed by atoms with Gasteiger partial charge in [-0.15, -0.1) is 24.2 Å². The summed E-state index contributed by atoms with van der Waals surface area (Å²) in [7, 11) is 2.10. The van der Waals surface area contributed by atoms with Gasteiger partial charge in [-0.25, -0.2) is 0 Å². The smallest absolute Gasteiger partial charge is 0.227 e. The summed E-state index contributed by atoms with van der Waals surface area (Å²) in [6.45, 7) is 2.90. The zero-order valence-corrected chi connectivity index (χ0v) is 16.1. The maximum absolute atomic E-state index is 5.39. The van der Waals surface area contributed by atoms with E-state index in [4.69, 9.17) is 4.52 Å². The van der Waals surface area contributed by atoms with Crippen LogP contribution in [0.1, 0.15) is 17.8 Å². The molecule has 1 N–H and O–H groups in total. The van der Waals surface area contributed by atoms with Crippen molar-refractivity contribution in [3.05, 3.63) is 40.5 Å². The fraction of sp³-hybridized carbons (Fsp3) is 0.467. The molecule has 1 saturated heterocycles. The van der Waals surface area contributed by atoms with Crippen LogP contribution in [0.5, 0.6) is 0 Å². The summed E-state index contributed by atoms with van der Waals surface area (Å²) in [6, 6.07) is 8.54. The third-order valence-corrected chi connectivity index (χ3v) is 5.23. The standard InChI is InChI=1S/C15H19BrN4OS.ClH/c1-20-8-7-17-10-13(20)15-18-14(21-19-15)6-9-22-12-4-2-11(16)3-5-12;/h2-5,13,17H,6-10H2,1H3;1H. The molecule has 1 atom stereocenters. The second-order valence-electron chi connectivity index (χ2n) is 5.30. The SMILES string of the molecule is CN1CCNCC1c1noc(CCSc2ccc(Br)cc2)n1.Cl. The number of nitrogens with one attached hydrogen (secondary N) is 1. The molecule has 5 nitrogen and oxygen atoms in total. The van der Waals surface area contributed by atoms with E-state index in [1.165, 1.54) is 4.90 Å². The Kier molecular flexibility index (Phi) is 7.36. The van der Waals surface area contributed by atoms with Crippen molar-refractivity contribution < 1.29 is 4.52 Å². The fourth-order valence-electron chi connectivity index (χ4n) is 2.39. The van der Waals surface area contributed by atoms with Crippen LogP contribution >= 0.6 is 40.1 Å². The summed E-state index contributed by atoms with van der Waals surface area (Å²) in [6.07, 6.45) is 0.789. The maximum Gasteiger partial charge on any atom is 0.227 e. The average molecular weight is 420 g/mol. The first kappa shape index (κ1) is 18.7. The third kappa shape index (κ3) is 5.19. The van der Waals surface area contributed by atoms with Gasteiger partial charge in [-0.2, -0.15) is 4.98 Å². The monoisotopic (exact) mass is 418 g/mol. The van der Waals surface area contributed by atoms with E-state index >= 15 is 0 Å². The Balaban J connectivity index is 0.00000192. The van der Waals surface area contributed by atoms with Gasteiger partial charge in [0.1, 0.15) is 0 Å². The molecule has 2 heterocycles. The van der Waals surface area contributed by atoms with Crippen molar-refractivity contribution in [1.82, 2.24) is 20.4 Å². The van der Waals surface area contributed by atoms with Crippen LogP contribution in [-0.4, -0.2) is 47.5 Å². The predicted molar refractivity (Wildman–Crippen MR) is 98.4 cm³/mol. The number of aromatic nitrogens is 2. The van der Waals surface area contributed by atoms with Gasteiger partial charge in [-0.05, 0) is 31.3 Å². The number of benzene rings is 1. The van der Waals surface area contributed by atoms with Crippen LogP contribution in [0.15, 0.2) is 38.2 Å². The lowest BCUT2D eigenvalue weighted by Crippen LogP contribution is -2.44. The fourth-order valence-corrected chi connectivity index (χ4v) is 3.49. The Morgan fingerprint density at radius 2 is 2.17 bits per heavy atom. The molecule has 126 valence electrons. The van der Waals surface area contributed by atoms with Gasteiger partial charge in [0.15, 0.2) is 5.82 Å². The molecule has 1 unspecified atom stereocenters. The average Bonchev–Trinajstić information content (AvgIpc) is 2.98. The summed E-state index contributed by atoms with van der Waals surface area (Å²) in [5, 5.41) is 7.52. The number of hydrogen-bond acceptors (Lipinski definition) is 6. The van der Waals surface area contributed by atoms with Crippen molar-refractivity contribution in [2.45, 2.75) is 17.4 Å². The lowest BCUT2D eigenvalue weighted by molar-refractivity contribution is 0.190. The van der Waals surface area contributed by atoms with Gasteiger partial charge in [0.2, 0.25) is 5.89 Å². The Labute approximate surface area is 155 Å². The number of hydrogen-bond donors (Lipinski definition) is 1. The van der Waals surface area contributed by atoms with Crippen molar-refractivity contribution in [1.29, 1.82) is 0 Å². The van der Waals surface area contributed by atoms with E-state index in [-0.39, 0.29) is 18.4 Å². The predicted octanol–water partition coefficient (Wildman–Crippen LogP) is 3.16. The van der Waals surface area contributed by atoms with Crippen molar-refractivity contribution in [2.24, 2.45) is 0 Å². The van der Waals surface area contributed by atoms with E-state index in [0.29, 0.717) is 0 Å². The summed E-state index contributed by atoms with van der Waals surface area (Å²) in [4.78, 5) is 8.06. The van der Waals surface area contributed by atoms with Crippen molar-refractivity contribution in [3.8, 4) is 0 Å². The number of rotatable bonds is 5. The molecule has 23 heavy (non-hydrogen) atoms. The largest absolute Gasteiger partial charge is 0.339 e. The van der Waals surface area contributed by atoms with Gasteiger partial charge in [0, 0.05) is 41.2 Å². The summed E-state index contributed by atoms with van der Waals surface area (Å²) >= 11 is 5.24. The van der Waals surface area contributed by atoms with E-state index in [1.54, 1.807) is 11.8 Å². The Hall–Kier alpha value is -0.600. The lowest BCUT2D eigenvalue weighted by Gasteiger charge is -2.30. The number of likely N-dealkylation sites (N-methyl/N-ethyl adjacent to an activating group) is 1. The minimum atomic E-state index is 0. The summed E-state index contributed by atoms with van der Waals surface area (Å²) in [5.74, 6) is 2.44. The van der Waals surface area contributed by atoms with Gasteiger partial charge in [0.25, 0.3) is 0 Å². The number of aryl methyl sites for hydroxylation is 1. The highest BCUT2D eigenvalue weighted by Crippen LogP contribution is 2.22. The van der Waals surface area contributed by atoms with Crippen LogP contribution < -0.4 is 5.32 Å². The van der Waals surface area contributed by atoms with Gasteiger partial charge in [0.05, 0.1) is 6.04 Å². The molecule has 0 saturated carbocycles. The maximum atomic E-state index is 5.39. The van der Waals surface area contributed by atoms with Crippen LogP contribution in [0.2, 0.25) is 0 Å². The first-order chi connectivity index (χ1) is 10.7. The van der Waals surface area contributed by atoms with Gasteiger partial charge >= 0.3 is 0 Å². The highest BCUT2D eigenvalue weighted by Gasteiger charge is 2.25. The van der Waals surface area contributed by atoms with Crippen molar-refractivity contribution in [3.63, 3.8) is 0 Å². The number of piperazine rings is 1. The first-order valence-corrected chi connectivity index (χ1v) is 9.12. The van der Waals surface area contributed by atoms with E-state index in [9.17, 15) is 0 Å². The minimum Gasteiger partial charge on any atom is -0.339 e. The summed E-state index contributed by atoms with van der Waals surface area (Å²) < 4.78 is 6.49. The van der Waals surface area contributed by atoms with Crippen LogP contribution in [0.25, 0.3) is 0 Å². The van der Waals surface area contributed by atoms with Gasteiger partial charge in [-0.1, -0.05) is 21.1 Å². The van der Waals surface area contributed by atoms with Crippen LogP contribution in [0.4, 0.5) is 0 Å². The van der Waals surface area contributed by atoms with Crippen LogP contribution in [0, 0.1) is 0 Å². The molecule has 0 bridgehead atoms. The molecular weight excluding hydrogens is 400 g/mol. The Morgan fingerprint density at radius 1 is 1.39 bits per heavy atom. The third-order valence-electron chi connectivity index (χ3n) is 3.69. The zero-order valence-electron chi connectivity index (χ0n) is 12.9. The van der Waals surface area contributed by atoms with Gasteiger partial charge in [-0.3, -0.25) is 4.90 Å². The normalized spacial score (nSPS) is 18.6. The molecule has 0 radical (unpaired) electrons. The molecule has 1 aromatic carbocycles. The van der Waals surface area contributed by atoms with E-state index in [0.717, 1.165) is 48.0 Å². The van der Waals surface area contributed by atoms with Crippen molar-refractivity contribution >= 4 is 40.1 Å². The second kappa shape index (κ2) is 9.03. The Morgan fingerprint density at radius 3 is 2.91 bits per heavy atom. The molecule has 1 aliphatic rings. The molecule has 3 rings (SSSR count). The van der Waals surface area contributed by atoms with Gasteiger partial charge < -0.3 is 9.84 Å². The number of halogens is 2. The molecule has 1 aliphatic heterocycles. The second-order valence-corrected chi connectivity index (χ2v) is 7.38. The topological polar surface area (TPSA) is 54.2 Å². The number of nitrogens with zero attached hydrogens (tertiary/aromatic N) is 3. The first-order valence-electron chi connectivity index (χ1n) is 7.34. The zero-order chi connectivity index (χ0) is 15.4. The minimum absolute atomic E-state index is 0. The van der Waals surface area contributed by atoms with Crippen LogP contribution in [0.3, 0.4) is 0 Å². The molecule has 2 aromatic rings. The van der Waals surface area contributed by atoms with E-state index in [2.05, 4.69) is 67.6 Å². The lowest BCUT2D eigenvalue weighted by atomic mass is 10.2. The number of thioether (sulfide) groups is 1. The molecule has 1 aromatic heterocycles.